The molecule has 1 amide bonds. The summed E-state index contributed by atoms with van der Waals surface area (Å²) < 4.78 is 19.9. The van der Waals surface area contributed by atoms with Crippen LogP contribution in [0.4, 0.5) is 10.1 Å². The number of ether oxygens (including phenoxy) is 1. The maximum atomic E-state index is 14.1. The standard InChI is InChI=1S/C28H24Cl2FNO4/c1-15(2)14-36-23-10-8-18(11-16(23)3)26(33)24-25(17-7-9-21(29)22(30)12-17)32(28(35)27(24)34)20-6-4-5-19(31)13-20/h4-13,15,25,33H,14H2,1-3H3/b26-24-. The molecule has 1 unspecified atom stereocenters. The SMILES string of the molecule is Cc1cc(/C(O)=C2/C(=O)C(=O)N(c3cccc(F)c3)C2c2ccc(Cl)c(Cl)c2)ccc1OCC(C)C. The number of amides is 1. The molecule has 1 N–H and O–H groups in total. The Bertz CT molecular complexity index is 1390. The molecule has 1 aliphatic rings. The molecule has 0 spiro atoms. The van der Waals surface area contributed by atoms with Crippen LogP contribution in [0.2, 0.25) is 10.0 Å². The van der Waals surface area contributed by atoms with Crippen molar-refractivity contribution in [2.75, 3.05) is 11.5 Å². The van der Waals surface area contributed by atoms with Gasteiger partial charge in [-0.3, -0.25) is 14.5 Å². The number of ketones is 1. The number of Topliss-reactive ketones (excluding diaryl/α,β-unsaturated/α-hetero) is 1. The molecule has 1 atom stereocenters. The van der Waals surface area contributed by atoms with Crippen LogP contribution in [0.5, 0.6) is 5.75 Å². The van der Waals surface area contributed by atoms with Crippen molar-refractivity contribution in [3.63, 3.8) is 0 Å². The number of aliphatic hydroxyl groups is 1. The number of carbonyl (C=O) groups excluding carboxylic acids is 2. The number of hydrogen-bond acceptors (Lipinski definition) is 4. The van der Waals surface area contributed by atoms with Gasteiger partial charge in [0.25, 0.3) is 11.7 Å². The average molecular weight is 528 g/mol. The van der Waals surface area contributed by atoms with Gasteiger partial charge in [0, 0.05) is 11.3 Å². The molecule has 36 heavy (non-hydrogen) atoms. The highest BCUT2D eigenvalue weighted by molar-refractivity contribution is 6.51. The third-order valence-corrected chi connectivity index (χ3v) is 6.55. The molecule has 0 radical (unpaired) electrons. The molecule has 1 heterocycles. The first-order valence-electron chi connectivity index (χ1n) is 11.3. The first-order valence-corrected chi connectivity index (χ1v) is 12.1. The number of hydrogen-bond donors (Lipinski definition) is 1. The molecule has 4 rings (SSSR count). The highest BCUT2D eigenvalue weighted by Gasteiger charge is 2.47. The minimum absolute atomic E-state index is 0.141. The number of aliphatic hydroxyl groups excluding tert-OH is 1. The lowest BCUT2D eigenvalue weighted by atomic mass is 9.94. The van der Waals surface area contributed by atoms with E-state index in [-0.39, 0.29) is 27.1 Å². The van der Waals surface area contributed by atoms with Crippen molar-refractivity contribution in [1.82, 2.24) is 0 Å². The highest BCUT2D eigenvalue weighted by atomic mass is 35.5. The smallest absolute Gasteiger partial charge is 0.300 e. The fraction of sp³-hybridized carbons (Fsp3) is 0.214. The van der Waals surface area contributed by atoms with Crippen LogP contribution in [0.25, 0.3) is 5.76 Å². The number of anilines is 1. The molecule has 1 fully saturated rings. The van der Waals surface area contributed by atoms with Crippen LogP contribution in [0.15, 0.2) is 66.2 Å². The summed E-state index contributed by atoms with van der Waals surface area (Å²) in [5.41, 5.74) is 1.55. The van der Waals surface area contributed by atoms with Crippen LogP contribution in [0.3, 0.4) is 0 Å². The Morgan fingerprint density at radius 1 is 1.06 bits per heavy atom. The lowest BCUT2D eigenvalue weighted by Gasteiger charge is -2.25. The molecular weight excluding hydrogens is 504 g/mol. The van der Waals surface area contributed by atoms with E-state index in [2.05, 4.69) is 0 Å². The molecule has 0 bridgehead atoms. The van der Waals surface area contributed by atoms with E-state index in [4.69, 9.17) is 27.9 Å². The van der Waals surface area contributed by atoms with Gasteiger partial charge in [-0.15, -0.1) is 0 Å². The maximum absolute atomic E-state index is 14.1. The van der Waals surface area contributed by atoms with E-state index in [1.807, 2.05) is 20.8 Å². The lowest BCUT2D eigenvalue weighted by Crippen LogP contribution is -2.29. The van der Waals surface area contributed by atoms with E-state index in [1.54, 1.807) is 24.3 Å². The van der Waals surface area contributed by atoms with Crippen molar-refractivity contribution < 1.29 is 23.8 Å². The van der Waals surface area contributed by atoms with Gasteiger partial charge >= 0.3 is 0 Å². The Morgan fingerprint density at radius 2 is 1.81 bits per heavy atom. The Labute approximate surface area is 218 Å². The van der Waals surface area contributed by atoms with Crippen LogP contribution >= 0.6 is 23.2 Å². The van der Waals surface area contributed by atoms with Gasteiger partial charge in [0.05, 0.1) is 28.3 Å². The minimum atomic E-state index is -1.06. The van der Waals surface area contributed by atoms with Crippen LogP contribution in [-0.4, -0.2) is 23.4 Å². The van der Waals surface area contributed by atoms with E-state index < -0.39 is 23.5 Å². The Morgan fingerprint density at radius 3 is 2.44 bits per heavy atom. The maximum Gasteiger partial charge on any atom is 0.300 e. The predicted molar refractivity (Wildman–Crippen MR) is 139 cm³/mol. The van der Waals surface area contributed by atoms with Gasteiger partial charge in [-0.1, -0.05) is 49.2 Å². The molecule has 8 heteroatoms. The highest BCUT2D eigenvalue weighted by Crippen LogP contribution is 2.43. The van der Waals surface area contributed by atoms with E-state index in [0.29, 0.717) is 29.4 Å². The summed E-state index contributed by atoms with van der Waals surface area (Å²) in [4.78, 5) is 27.6. The summed E-state index contributed by atoms with van der Waals surface area (Å²) >= 11 is 12.3. The predicted octanol–water partition coefficient (Wildman–Crippen LogP) is 7.10. The first-order chi connectivity index (χ1) is 17.1. The van der Waals surface area contributed by atoms with Crippen molar-refractivity contribution in [3.8, 4) is 5.75 Å². The zero-order valence-electron chi connectivity index (χ0n) is 19.9. The number of aryl methyl sites for hydroxylation is 1. The number of nitrogens with zero attached hydrogens (tertiary/aromatic N) is 1. The topological polar surface area (TPSA) is 66.8 Å². The second-order valence-electron chi connectivity index (χ2n) is 9.01. The molecule has 5 nitrogen and oxygen atoms in total. The van der Waals surface area contributed by atoms with Crippen LogP contribution in [0, 0.1) is 18.7 Å². The van der Waals surface area contributed by atoms with E-state index in [0.717, 1.165) is 16.5 Å². The van der Waals surface area contributed by atoms with E-state index >= 15 is 0 Å². The summed E-state index contributed by atoms with van der Waals surface area (Å²) in [5.74, 6) is -1.74. The van der Waals surface area contributed by atoms with Gasteiger partial charge in [-0.25, -0.2) is 4.39 Å². The normalized spacial score (nSPS) is 17.2. The molecule has 3 aromatic rings. The zero-order valence-corrected chi connectivity index (χ0v) is 21.4. The Balaban J connectivity index is 1.88. The molecule has 0 saturated carbocycles. The number of halogens is 3. The van der Waals surface area contributed by atoms with Crippen molar-refractivity contribution in [1.29, 1.82) is 0 Å². The number of rotatable bonds is 6. The molecule has 3 aromatic carbocycles. The van der Waals surface area contributed by atoms with Crippen LogP contribution < -0.4 is 9.64 Å². The largest absolute Gasteiger partial charge is 0.507 e. The average Bonchev–Trinajstić information content (AvgIpc) is 3.10. The third-order valence-electron chi connectivity index (χ3n) is 5.81. The summed E-state index contributed by atoms with van der Waals surface area (Å²) in [5, 5.41) is 11.8. The van der Waals surface area contributed by atoms with Gasteiger partial charge < -0.3 is 9.84 Å². The quantitative estimate of drug-likeness (QED) is 0.211. The van der Waals surface area contributed by atoms with Crippen LogP contribution in [0.1, 0.15) is 36.6 Å². The molecule has 186 valence electrons. The van der Waals surface area contributed by atoms with Crippen molar-refractivity contribution in [2.45, 2.75) is 26.8 Å². The van der Waals surface area contributed by atoms with Crippen molar-refractivity contribution >= 4 is 46.3 Å². The summed E-state index contributed by atoms with van der Waals surface area (Å²) in [6, 6.07) is 14.0. The number of benzene rings is 3. The van der Waals surface area contributed by atoms with Gasteiger partial charge in [-0.05, 0) is 72.5 Å². The molecule has 1 saturated heterocycles. The third kappa shape index (κ3) is 4.97. The molecule has 1 aliphatic heterocycles. The molecule has 0 aliphatic carbocycles. The lowest BCUT2D eigenvalue weighted by molar-refractivity contribution is -0.132. The summed E-state index contributed by atoms with van der Waals surface area (Å²) in [7, 11) is 0. The fourth-order valence-electron chi connectivity index (χ4n) is 4.09. The van der Waals surface area contributed by atoms with Crippen molar-refractivity contribution in [3.05, 3.63) is 98.8 Å². The van der Waals surface area contributed by atoms with Gasteiger partial charge in [0.2, 0.25) is 0 Å². The summed E-state index contributed by atoms with van der Waals surface area (Å²) in [6.07, 6.45) is 0. The van der Waals surface area contributed by atoms with E-state index in [9.17, 15) is 19.1 Å². The van der Waals surface area contributed by atoms with Gasteiger partial charge in [-0.2, -0.15) is 0 Å². The zero-order chi connectivity index (χ0) is 26.1. The van der Waals surface area contributed by atoms with Crippen molar-refractivity contribution in [2.24, 2.45) is 5.92 Å². The molecular formula is C28H24Cl2FNO4. The fourth-order valence-corrected chi connectivity index (χ4v) is 4.40. The van der Waals surface area contributed by atoms with E-state index in [1.165, 1.54) is 30.3 Å². The molecule has 0 aromatic heterocycles. The second-order valence-corrected chi connectivity index (χ2v) is 9.82. The summed E-state index contributed by atoms with van der Waals surface area (Å²) in [6.45, 7) is 6.43. The van der Waals surface area contributed by atoms with Gasteiger partial charge in [0.15, 0.2) is 0 Å². The second kappa shape index (κ2) is 10.3. The monoisotopic (exact) mass is 527 g/mol. The first kappa shape index (κ1) is 25.7. The number of carbonyl (C=O) groups is 2. The van der Waals surface area contributed by atoms with Crippen LogP contribution in [-0.2, 0) is 9.59 Å². The Kier molecular flexibility index (Phi) is 7.38. The Hall–Kier alpha value is -3.35. The minimum Gasteiger partial charge on any atom is -0.507 e. The van der Waals surface area contributed by atoms with Gasteiger partial charge in [0.1, 0.15) is 17.3 Å².